The van der Waals surface area contributed by atoms with Crippen molar-refractivity contribution in [2.75, 3.05) is 0 Å². The van der Waals surface area contributed by atoms with Crippen molar-refractivity contribution in [1.82, 2.24) is 10.4 Å². The molecule has 1 atom stereocenters. The van der Waals surface area contributed by atoms with Crippen molar-refractivity contribution in [1.29, 1.82) is 0 Å². The fraction of sp³-hybridized carbons (Fsp3) is 0.100. The maximum atomic E-state index is 13.9. The Bertz CT molecular complexity index is 519. The molecular weight excluding hydrogens is 312 g/mol. The lowest BCUT2D eigenvalue weighted by Crippen LogP contribution is -2.30. The highest BCUT2D eigenvalue weighted by Gasteiger charge is 2.23. The summed E-state index contributed by atoms with van der Waals surface area (Å²) in [5, 5.41) is 1.68. The van der Waals surface area contributed by atoms with Crippen molar-refractivity contribution in [2.24, 2.45) is 5.84 Å². The molecule has 0 aliphatic heterocycles. The standard InChI is InChI=1S/C10H8BrF2N3S/c11-5-1-2-6(12)8(9(5)13)10(16-14)7-3-17-4-15-7/h1-4,10,16H,14H2. The van der Waals surface area contributed by atoms with Gasteiger partial charge in [-0.15, -0.1) is 11.3 Å². The van der Waals surface area contributed by atoms with E-state index in [-0.39, 0.29) is 10.0 Å². The van der Waals surface area contributed by atoms with Gasteiger partial charge in [0, 0.05) is 10.9 Å². The van der Waals surface area contributed by atoms with E-state index in [1.165, 1.54) is 23.5 Å². The van der Waals surface area contributed by atoms with Gasteiger partial charge in [-0.05, 0) is 28.1 Å². The van der Waals surface area contributed by atoms with E-state index < -0.39 is 17.7 Å². The molecule has 0 saturated heterocycles. The van der Waals surface area contributed by atoms with E-state index in [4.69, 9.17) is 5.84 Å². The normalized spacial score (nSPS) is 12.7. The molecule has 1 unspecified atom stereocenters. The second kappa shape index (κ2) is 5.18. The summed E-state index contributed by atoms with van der Waals surface area (Å²) < 4.78 is 27.7. The number of nitrogens with zero attached hydrogens (tertiary/aromatic N) is 1. The molecular formula is C10H8BrF2N3S. The Morgan fingerprint density at radius 1 is 1.41 bits per heavy atom. The maximum absolute atomic E-state index is 13.9. The molecule has 1 aromatic heterocycles. The zero-order valence-electron chi connectivity index (χ0n) is 8.45. The van der Waals surface area contributed by atoms with Crippen LogP contribution in [0.2, 0.25) is 0 Å². The number of hydrogen-bond acceptors (Lipinski definition) is 4. The number of benzene rings is 1. The molecule has 7 heteroatoms. The highest BCUT2D eigenvalue weighted by Crippen LogP contribution is 2.30. The number of thiazole rings is 1. The highest BCUT2D eigenvalue weighted by molar-refractivity contribution is 9.10. The summed E-state index contributed by atoms with van der Waals surface area (Å²) in [5.41, 5.74) is 4.28. The molecule has 0 radical (unpaired) electrons. The van der Waals surface area contributed by atoms with E-state index in [1.807, 2.05) is 0 Å². The minimum Gasteiger partial charge on any atom is -0.271 e. The first-order chi connectivity index (χ1) is 8.15. The van der Waals surface area contributed by atoms with Crippen LogP contribution in [-0.2, 0) is 0 Å². The van der Waals surface area contributed by atoms with Crippen LogP contribution in [0.25, 0.3) is 0 Å². The Morgan fingerprint density at radius 3 is 2.76 bits per heavy atom. The number of nitrogens with two attached hydrogens (primary N) is 1. The summed E-state index contributed by atoms with van der Waals surface area (Å²) in [6.45, 7) is 0. The van der Waals surface area contributed by atoms with E-state index in [0.29, 0.717) is 5.69 Å². The number of nitrogens with one attached hydrogen (secondary N) is 1. The Hall–Kier alpha value is -0.890. The lowest BCUT2D eigenvalue weighted by molar-refractivity contribution is 0.503. The molecule has 0 bridgehead atoms. The average Bonchev–Trinajstić information content (AvgIpc) is 2.83. The van der Waals surface area contributed by atoms with Gasteiger partial charge in [0.25, 0.3) is 0 Å². The molecule has 90 valence electrons. The summed E-state index contributed by atoms with van der Waals surface area (Å²) in [6, 6.07) is 1.68. The lowest BCUT2D eigenvalue weighted by atomic mass is 10.0. The van der Waals surface area contributed by atoms with Gasteiger partial charge in [0.1, 0.15) is 11.6 Å². The lowest BCUT2D eigenvalue weighted by Gasteiger charge is -2.16. The first-order valence-electron chi connectivity index (χ1n) is 4.62. The second-order valence-corrected chi connectivity index (χ2v) is 4.84. The van der Waals surface area contributed by atoms with Crippen molar-refractivity contribution < 1.29 is 8.78 Å². The van der Waals surface area contributed by atoms with E-state index >= 15 is 0 Å². The maximum Gasteiger partial charge on any atom is 0.145 e. The summed E-state index contributed by atoms with van der Waals surface area (Å²) >= 11 is 4.34. The van der Waals surface area contributed by atoms with Gasteiger partial charge in [0.15, 0.2) is 0 Å². The molecule has 0 saturated carbocycles. The highest BCUT2D eigenvalue weighted by atomic mass is 79.9. The molecule has 1 heterocycles. The second-order valence-electron chi connectivity index (χ2n) is 3.27. The van der Waals surface area contributed by atoms with E-state index in [1.54, 1.807) is 10.9 Å². The quantitative estimate of drug-likeness (QED) is 0.519. The molecule has 3 N–H and O–H groups in total. The predicted octanol–water partition coefficient (Wildman–Crippen LogP) is 2.74. The number of hydrogen-bond donors (Lipinski definition) is 2. The minimum absolute atomic E-state index is 0.146. The van der Waals surface area contributed by atoms with Gasteiger partial charge in [-0.25, -0.2) is 19.2 Å². The molecule has 0 aliphatic rings. The first-order valence-corrected chi connectivity index (χ1v) is 6.36. The number of halogens is 3. The van der Waals surface area contributed by atoms with Crippen LogP contribution in [-0.4, -0.2) is 4.98 Å². The zero-order valence-corrected chi connectivity index (χ0v) is 10.9. The van der Waals surface area contributed by atoms with Crippen LogP contribution in [0.1, 0.15) is 17.3 Å². The minimum atomic E-state index is -0.807. The van der Waals surface area contributed by atoms with Crippen molar-refractivity contribution in [2.45, 2.75) is 6.04 Å². The molecule has 0 aliphatic carbocycles. The number of aromatic nitrogens is 1. The van der Waals surface area contributed by atoms with Gasteiger partial charge in [-0.1, -0.05) is 0 Å². The van der Waals surface area contributed by atoms with Crippen LogP contribution in [0, 0.1) is 11.6 Å². The van der Waals surface area contributed by atoms with Crippen LogP contribution >= 0.6 is 27.3 Å². The van der Waals surface area contributed by atoms with Gasteiger partial charge in [-0.3, -0.25) is 5.84 Å². The molecule has 0 spiro atoms. The molecule has 3 nitrogen and oxygen atoms in total. The Balaban J connectivity index is 2.55. The Morgan fingerprint density at radius 2 is 2.18 bits per heavy atom. The largest absolute Gasteiger partial charge is 0.271 e. The third-order valence-electron chi connectivity index (χ3n) is 2.28. The van der Waals surface area contributed by atoms with E-state index in [9.17, 15) is 8.78 Å². The topological polar surface area (TPSA) is 50.9 Å². The summed E-state index contributed by atoms with van der Waals surface area (Å²) in [7, 11) is 0. The molecule has 2 rings (SSSR count). The summed E-state index contributed by atoms with van der Waals surface area (Å²) in [4.78, 5) is 4.00. The van der Waals surface area contributed by atoms with Crippen LogP contribution in [0.3, 0.4) is 0 Å². The molecule has 1 aromatic carbocycles. The summed E-state index contributed by atoms with van der Waals surface area (Å²) in [5.74, 6) is 4.01. The van der Waals surface area contributed by atoms with Gasteiger partial charge < -0.3 is 0 Å². The molecule has 0 fully saturated rings. The van der Waals surface area contributed by atoms with Crippen LogP contribution in [0.4, 0.5) is 8.78 Å². The van der Waals surface area contributed by atoms with Gasteiger partial charge >= 0.3 is 0 Å². The van der Waals surface area contributed by atoms with E-state index in [2.05, 4.69) is 26.3 Å². The molecule has 0 amide bonds. The van der Waals surface area contributed by atoms with E-state index in [0.717, 1.165) is 0 Å². The van der Waals surface area contributed by atoms with Crippen molar-refractivity contribution in [3.63, 3.8) is 0 Å². The van der Waals surface area contributed by atoms with Crippen molar-refractivity contribution in [3.05, 3.63) is 50.4 Å². The van der Waals surface area contributed by atoms with Crippen LogP contribution < -0.4 is 11.3 Å². The fourth-order valence-electron chi connectivity index (χ4n) is 1.49. The first kappa shape index (κ1) is 12.6. The third kappa shape index (κ3) is 2.37. The van der Waals surface area contributed by atoms with Gasteiger partial charge in [0.2, 0.25) is 0 Å². The number of rotatable bonds is 3. The third-order valence-corrected chi connectivity index (χ3v) is 3.50. The van der Waals surface area contributed by atoms with Gasteiger partial charge in [0.05, 0.1) is 21.7 Å². The zero-order chi connectivity index (χ0) is 12.4. The SMILES string of the molecule is NNC(c1cscn1)c1c(F)ccc(Br)c1F. The van der Waals surface area contributed by atoms with Crippen molar-refractivity contribution >= 4 is 27.3 Å². The monoisotopic (exact) mass is 319 g/mol. The fourth-order valence-corrected chi connectivity index (χ4v) is 2.41. The average molecular weight is 320 g/mol. The van der Waals surface area contributed by atoms with Crippen LogP contribution in [0.15, 0.2) is 27.5 Å². The summed E-state index contributed by atoms with van der Waals surface area (Å²) in [6.07, 6.45) is 0. The molecule has 2 aromatic rings. The Kier molecular flexibility index (Phi) is 3.82. The number of hydrazine groups is 1. The smallest absolute Gasteiger partial charge is 0.145 e. The predicted molar refractivity (Wildman–Crippen MR) is 65.3 cm³/mol. The molecule has 17 heavy (non-hydrogen) atoms. The van der Waals surface area contributed by atoms with Gasteiger partial charge in [-0.2, -0.15) is 0 Å². The Labute approximate surface area is 109 Å². The van der Waals surface area contributed by atoms with Crippen molar-refractivity contribution in [3.8, 4) is 0 Å². The van der Waals surface area contributed by atoms with Crippen LogP contribution in [0.5, 0.6) is 0 Å².